The van der Waals surface area contributed by atoms with Crippen molar-refractivity contribution >= 4 is 37.8 Å². The smallest absolute Gasteiger partial charge is 0.337 e. The van der Waals surface area contributed by atoms with Crippen LogP contribution in [0, 0.1) is 0 Å². The van der Waals surface area contributed by atoms with Crippen LogP contribution in [0.15, 0.2) is 21.1 Å². The van der Waals surface area contributed by atoms with E-state index in [2.05, 4.69) is 31.9 Å². The number of hydrogen-bond donors (Lipinski definition) is 2. The third-order valence-corrected chi connectivity index (χ3v) is 3.11. The zero-order chi connectivity index (χ0) is 11.6. The summed E-state index contributed by atoms with van der Waals surface area (Å²) in [5.74, 6) is -0.839. The van der Waals surface area contributed by atoms with Gasteiger partial charge in [-0.1, -0.05) is 15.9 Å². The van der Waals surface area contributed by atoms with Crippen molar-refractivity contribution in [2.75, 3.05) is 7.11 Å². The number of carboxylic acid groups (broad SMARTS) is 1. The Kier molecular flexibility index (Phi) is 4.12. The monoisotopic (exact) mass is 338 g/mol. The highest BCUT2D eigenvalue weighted by molar-refractivity contribution is 9.11. The summed E-state index contributed by atoms with van der Waals surface area (Å²) in [5, 5.41) is 18.1. The minimum Gasteiger partial charge on any atom is -0.496 e. The first-order valence-electron chi connectivity index (χ1n) is 3.91. The van der Waals surface area contributed by atoms with Crippen molar-refractivity contribution in [1.29, 1.82) is 0 Å². The predicted octanol–water partition coefficient (Wildman–Crippen LogP) is 2.34. The first kappa shape index (κ1) is 12.5. The van der Waals surface area contributed by atoms with Crippen LogP contribution in [0.3, 0.4) is 0 Å². The van der Waals surface area contributed by atoms with Crippen LogP contribution in [-0.4, -0.2) is 23.3 Å². The SMILES string of the molecule is COc1cc(C(O)C(=O)O)c(Br)cc1Br. The number of rotatable bonds is 3. The number of ether oxygens (including phenoxy) is 1. The molecule has 0 heterocycles. The number of benzene rings is 1. The largest absolute Gasteiger partial charge is 0.496 e. The molecule has 0 bridgehead atoms. The number of hydrogen-bond acceptors (Lipinski definition) is 3. The minimum atomic E-state index is -1.57. The van der Waals surface area contributed by atoms with Gasteiger partial charge in [-0.2, -0.15) is 0 Å². The Labute approximate surface area is 103 Å². The molecule has 0 fully saturated rings. The van der Waals surface area contributed by atoms with Crippen molar-refractivity contribution in [1.82, 2.24) is 0 Å². The first-order chi connectivity index (χ1) is 6.97. The highest BCUT2D eigenvalue weighted by Gasteiger charge is 2.20. The van der Waals surface area contributed by atoms with Gasteiger partial charge in [0.05, 0.1) is 11.6 Å². The lowest BCUT2D eigenvalue weighted by Gasteiger charge is -2.11. The molecule has 0 spiro atoms. The third kappa shape index (κ3) is 2.70. The molecule has 0 aromatic heterocycles. The van der Waals surface area contributed by atoms with Crippen LogP contribution in [0.1, 0.15) is 11.7 Å². The van der Waals surface area contributed by atoms with Gasteiger partial charge in [0.1, 0.15) is 5.75 Å². The second-order valence-corrected chi connectivity index (χ2v) is 4.46. The maximum Gasteiger partial charge on any atom is 0.337 e. The van der Waals surface area contributed by atoms with Crippen molar-refractivity contribution in [2.24, 2.45) is 0 Å². The highest BCUT2D eigenvalue weighted by atomic mass is 79.9. The maximum atomic E-state index is 10.6. The molecule has 0 saturated carbocycles. The van der Waals surface area contributed by atoms with Gasteiger partial charge in [0.25, 0.3) is 0 Å². The fourth-order valence-corrected chi connectivity index (χ4v) is 2.42. The number of aliphatic carboxylic acids is 1. The molecule has 2 N–H and O–H groups in total. The van der Waals surface area contributed by atoms with Crippen molar-refractivity contribution in [3.05, 3.63) is 26.6 Å². The average molecular weight is 340 g/mol. The average Bonchev–Trinajstić information content (AvgIpc) is 2.17. The molecule has 0 radical (unpaired) electrons. The quantitative estimate of drug-likeness (QED) is 0.887. The molecule has 1 rings (SSSR count). The van der Waals surface area contributed by atoms with Gasteiger partial charge in [-0.25, -0.2) is 4.79 Å². The van der Waals surface area contributed by atoms with Gasteiger partial charge in [-0.05, 0) is 28.1 Å². The molecule has 1 aromatic rings. The normalized spacial score (nSPS) is 12.3. The molecule has 0 saturated heterocycles. The standard InChI is InChI=1S/C9H8Br2O4/c1-15-7-2-4(8(12)9(13)14)5(10)3-6(7)11/h2-3,8,12H,1H3,(H,13,14). The molecule has 6 heteroatoms. The number of halogens is 2. The van der Waals surface area contributed by atoms with Crippen molar-refractivity contribution < 1.29 is 19.7 Å². The topological polar surface area (TPSA) is 66.8 Å². The van der Waals surface area contributed by atoms with Gasteiger partial charge in [-0.3, -0.25) is 0 Å². The van der Waals surface area contributed by atoms with E-state index in [1.807, 2.05) is 0 Å². The fraction of sp³-hybridized carbons (Fsp3) is 0.222. The Hall–Kier alpha value is -0.590. The van der Waals surface area contributed by atoms with Gasteiger partial charge in [0.15, 0.2) is 6.10 Å². The molecule has 0 aliphatic carbocycles. The highest BCUT2D eigenvalue weighted by Crippen LogP contribution is 2.34. The van der Waals surface area contributed by atoms with Crippen LogP contribution in [0.25, 0.3) is 0 Å². The molecule has 0 aliphatic heterocycles. The summed E-state index contributed by atoms with van der Waals surface area (Å²) in [6.07, 6.45) is -1.57. The van der Waals surface area contributed by atoms with Gasteiger partial charge in [0, 0.05) is 10.0 Å². The Balaban J connectivity index is 3.24. The van der Waals surface area contributed by atoms with Crippen LogP contribution in [0.5, 0.6) is 5.75 Å². The van der Waals surface area contributed by atoms with E-state index in [1.165, 1.54) is 13.2 Å². The zero-order valence-corrected chi connectivity index (χ0v) is 10.9. The predicted molar refractivity (Wildman–Crippen MR) is 61.0 cm³/mol. The molecule has 0 amide bonds. The summed E-state index contributed by atoms with van der Waals surface area (Å²) < 4.78 is 6.18. The second kappa shape index (κ2) is 4.96. The van der Waals surface area contributed by atoms with Crippen molar-refractivity contribution in [3.63, 3.8) is 0 Å². The fourth-order valence-electron chi connectivity index (χ4n) is 1.04. The van der Waals surface area contributed by atoms with Crippen LogP contribution in [0.2, 0.25) is 0 Å². The van der Waals surface area contributed by atoms with Crippen LogP contribution >= 0.6 is 31.9 Å². The molecule has 4 nitrogen and oxygen atoms in total. The van der Waals surface area contributed by atoms with Gasteiger partial charge in [-0.15, -0.1) is 0 Å². The van der Waals surface area contributed by atoms with Crippen LogP contribution in [-0.2, 0) is 4.79 Å². The molecule has 1 aromatic carbocycles. The Bertz CT molecular complexity index is 392. The summed E-state index contributed by atoms with van der Waals surface area (Å²) >= 11 is 6.41. The minimum absolute atomic E-state index is 0.252. The molecule has 0 aliphatic rings. The van der Waals surface area contributed by atoms with Crippen LogP contribution in [0.4, 0.5) is 0 Å². The number of carbonyl (C=O) groups is 1. The molecule has 82 valence electrons. The number of aliphatic hydroxyl groups excluding tert-OH is 1. The van der Waals surface area contributed by atoms with E-state index in [0.29, 0.717) is 14.7 Å². The van der Waals surface area contributed by atoms with E-state index in [9.17, 15) is 9.90 Å². The lowest BCUT2D eigenvalue weighted by Crippen LogP contribution is -2.11. The van der Waals surface area contributed by atoms with E-state index in [0.717, 1.165) is 0 Å². The van der Waals surface area contributed by atoms with E-state index >= 15 is 0 Å². The third-order valence-electron chi connectivity index (χ3n) is 1.80. The van der Waals surface area contributed by atoms with Crippen molar-refractivity contribution in [3.8, 4) is 5.75 Å². The molecule has 15 heavy (non-hydrogen) atoms. The number of methoxy groups -OCH3 is 1. The Morgan fingerprint density at radius 2 is 2.00 bits per heavy atom. The Morgan fingerprint density at radius 3 is 2.47 bits per heavy atom. The summed E-state index contributed by atoms with van der Waals surface area (Å²) in [5.41, 5.74) is 0.252. The summed E-state index contributed by atoms with van der Waals surface area (Å²) in [4.78, 5) is 10.6. The molecule has 1 unspecified atom stereocenters. The molecule has 1 atom stereocenters. The van der Waals surface area contributed by atoms with Gasteiger partial charge >= 0.3 is 5.97 Å². The van der Waals surface area contributed by atoms with E-state index < -0.39 is 12.1 Å². The van der Waals surface area contributed by atoms with Gasteiger partial charge < -0.3 is 14.9 Å². The molecular weight excluding hydrogens is 332 g/mol. The van der Waals surface area contributed by atoms with Crippen molar-refractivity contribution in [2.45, 2.75) is 6.10 Å². The lowest BCUT2D eigenvalue weighted by atomic mass is 10.1. The number of aliphatic hydroxyl groups is 1. The number of carboxylic acids is 1. The molecular formula is C9H8Br2O4. The van der Waals surface area contributed by atoms with E-state index in [1.54, 1.807) is 6.07 Å². The Morgan fingerprint density at radius 1 is 1.40 bits per heavy atom. The first-order valence-corrected chi connectivity index (χ1v) is 5.49. The summed E-state index contributed by atoms with van der Waals surface area (Å²) in [7, 11) is 1.46. The van der Waals surface area contributed by atoms with E-state index in [4.69, 9.17) is 9.84 Å². The zero-order valence-electron chi connectivity index (χ0n) is 7.70. The summed E-state index contributed by atoms with van der Waals surface area (Å²) in [6, 6.07) is 3.09. The van der Waals surface area contributed by atoms with Crippen LogP contribution < -0.4 is 4.74 Å². The van der Waals surface area contributed by atoms with E-state index in [-0.39, 0.29) is 5.56 Å². The summed E-state index contributed by atoms with van der Waals surface area (Å²) in [6.45, 7) is 0. The van der Waals surface area contributed by atoms with Gasteiger partial charge in [0.2, 0.25) is 0 Å². The maximum absolute atomic E-state index is 10.6. The lowest BCUT2D eigenvalue weighted by molar-refractivity contribution is -0.147. The second-order valence-electron chi connectivity index (χ2n) is 2.75.